The Bertz CT molecular complexity index is 459. The number of anilines is 1. The van der Waals surface area contributed by atoms with Crippen molar-refractivity contribution in [2.75, 3.05) is 18.4 Å². The Morgan fingerprint density at radius 3 is 3.10 bits per heavy atom. The highest BCUT2D eigenvalue weighted by Crippen LogP contribution is 2.20. The van der Waals surface area contributed by atoms with E-state index in [9.17, 15) is 4.79 Å². The summed E-state index contributed by atoms with van der Waals surface area (Å²) in [6, 6.07) is 4.33. The van der Waals surface area contributed by atoms with Gasteiger partial charge in [0.05, 0.1) is 0 Å². The average Bonchev–Trinajstić information content (AvgIpc) is 2.52. The van der Waals surface area contributed by atoms with Gasteiger partial charge < -0.3 is 10.6 Å². The summed E-state index contributed by atoms with van der Waals surface area (Å²) >= 11 is 0. The number of aryl methyl sites for hydroxylation is 2. The van der Waals surface area contributed by atoms with E-state index < -0.39 is 0 Å². The molecule has 4 nitrogen and oxygen atoms in total. The quantitative estimate of drug-likeness (QED) is 0.723. The van der Waals surface area contributed by atoms with Crippen LogP contribution in [0.25, 0.3) is 0 Å². The first-order valence-electron chi connectivity index (χ1n) is 8.29. The summed E-state index contributed by atoms with van der Waals surface area (Å²) in [4.78, 5) is 16.3. The number of aromatic nitrogens is 1. The first-order chi connectivity index (χ1) is 10.3. The predicted molar refractivity (Wildman–Crippen MR) is 86.5 cm³/mol. The van der Waals surface area contributed by atoms with Gasteiger partial charge in [-0.15, -0.1) is 0 Å². The van der Waals surface area contributed by atoms with Gasteiger partial charge in [0.2, 0.25) is 5.91 Å². The molecule has 1 aromatic rings. The number of rotatable bonds is 8. The zero-order valence-electron chi connectivity index (χ0n) is 13.1. The maximum absolute atomic E-state index is 11.6. The zero-order valence-corrected chi connectivity index (χ0v) is 13.1. The summed E-state index contributed by atoms with van der Waals surface area (Å²) < 4.78 is 0. The molecule has 0 atom stereocenters. The van der Waals surface area contributed by atoms with Crippen LogP contribution in [0.3, 0.4) is 0 Å². The molecule has 116 valence electrons. The second kappa shape index (κ2) is 8.65. The third kappa shape index (κ3) is 5.37. The molecule has 0 saturated carbocycles. The number of unbranched alkanes of at least 4 members (excludes halogenated alkanes) is 2. The molecular weight excluding hydrogens is 262 g/mol. The van der Waals surface area contributed by atoms with Crippen molar-refractivity contribution in [2.24, 2.45) is 0 Å². The van der Waals surface area contributed by atoms with Crippen molar-refractivity contribution < 1.29 is 4.79 Å². The molecule has 21 heavy (non-hydrogen) atoms. The Labute approximate surface area is 127 Å². The summed E-state index contributed by atoms with van der Waals surface area (Å²) in [5, 5.41) is 6.32. The summed E-state index contributed by atoms with van der Waals surface area (Å²) in [5.41, 5.74) is 2.47. The van der Waals surface area contributed by atoms with Crippen LogP contribution in [0.2, 0.25) is 0 Å². The molecule has 1 amide bonds. The van der Waals surface area contributed by atoms with Gasteiger partial charge in [-0.05, 0) is 50.2 Å². The maximum Gasteiger partial charge on any atom is 0.219 e. The van der Waals surface area contributed by atoms with Crippen molar-refractivity contribution in [1.82, 2.24) is 10.3 Å². The number of fused-ring (bicyclic) bond motifs is 1. The predicted octanol–water partition coefficient (Wildman–Crippen LogP) is 3.07. The largest absolute Gasteiger partial charge is 0.370 e. The fourth-order valence-electron chi connectivity index (χ4n) is 2.59. The SMILES string of the molecule is CCCCNC(=O)CCCCc1ccc2c(n1)NCCC2. The minimum absolute atomic E-state index is 0.184. The number of pyridine rings is 1. The summed E-state index contributed by atoms with van der Waals surface area (Å²) in [6.45, 7) is 3.97. The lowest BCUT2D eigenvalue weighted by Crippen LogP contribution is -2.23. The van der Waals surface area contributed by atoms with Gasteiger partial charge in [0.25, 0.3) is 0 Å². The Kier molecular flexibility index (Phi) is 6.51. The monoisotopic (exact) mass is 289 g/mol. The molecule has 0 radical (unpaired) electrons. The maximum atomic E-state index is 11.6. The number of hydrogen-bond donors (Lipinski definition) is 2. The molecule has 2 heterocycles. The van der Waals surface area contributed by atoms with E-state index in [1.807, 2.05) is 0 Å². The van der Waals surface area contributed by atoms with Gasteiger partial charge in [-0.3, -0.25) is 4.79 Å². The van der Waals surface area contributed by atoms with E-state index in [1.165, 1.54) is 12.0 Å². The second-order valence-electron chi connectivity index (χ2n) is 5.75. The van der Waals surface area contributed by atoms with E-state index in [2.05, 4.69) is 34.7 Å². The van der Waals surface area contributed by atoms with E-state index in [0.29, 0.717) is 6.42 Å². The fourth-order valence-corrected chi connectivity index (χ4v) is 2.59. The summed E-state index contributed by atoms with van der Waals surface area (Å²) in [6.07, 6.45) is 8.06. The molecule has 0 aromatic carbocycles. The topological polar surface area (TPSA) is 54.0 Å². The number of hydrogen-bond acceptors (Lipinski definition) is 3. The van der Waals surface area contributed by atoms with Crippen molar-refractivity contribution >= 4 is 11.7 Å². The third-order valence-corrected chi connectivity index (χ3v) is 3.89. The molecule has 0 bridgehead atoms. The molecule has 2 rings (SSSR count). The van der Waals surface area contributed by atoms with Gasteiger partial charge >= 0.3 is 0 Å². The minimum Gasteiger partial charge on any atom is -0.370 e. The van der Waals surface area contributed by atoms with Crippen molar-refractivity contribution in [3.63, 3.8) is 0 Å². The first-order valence-corrected chi connectivity index (χ1v) is 8.29. The molecule has 2 N–H and O–H groups in total. The van der Waals surface area contributed by atoms with Crippen LogP contribution in [0.1, 0.15) is 56.7 Å². The van der Waals surface area contributed by atoms with Crippen LogP contribution >= 0.6 is 0 Å². The van der Waals surface area contributed by atoms with E-state index in [4.69, 9.17) is 0 Å². The van der Waals surface area contributed by atoms with Crippen LogP contribution in [0.4, 0.5) is 5.82 Å². The van der Waals surface area contributed by atoms with Crippen LogP contribution in [-0.2, 0) is 17.6 Å². The molecule has 0 fully saturated rings. The van der Waals surface area contributed by atoms with Crippen molar-refractivity contribution in [2.45, 2.75) is 58.3 Å². The molecule has 0 saturated heterocycles. The average molecular weight is 289 g/mol. The van der Waals surface area contributed by atoms with E-state index in [0.717, 1.165) is 63.1 Å². The Hall–Kier alpha value is -1.58. The number of carbonyl (C=O) groups excluding carboxylic acids is 1. The Morgan fingerprint density at radius 2 is 2.24 bits per heavy atom. The van der Waals surface area contributed by atoms with Gasteiger partial charge in [0.15, 0.2) is 0 Å². The lowest BCUT2D eigenvalue weighted by molar-refractivity contribution is -0.121. The molecule has 4 heteroatoms. The van der Waals surface area contributed by atoms with E-state index in [-0.39, 0.29) is 5.91 Å². The molecule has 0 aliphatic carbocycles. The van der Waals surface area contributed by atoms with Gasteiger partial charge in [0.1, 0.15) is 5.82 Å². The van der Waals surface area contributed by atoms with Crippen LogP contribution in [0.15, 0.2) is 12.1 Å². The van der Waals surface area contributed by atoms with Gasteiger partial charge in [-0.2, -0.15) is 0 Å². The standard InChI is InChI=1S/C17H27N3O/c1-2-3-12-18-16(21)9-5-4-8-15-11-10-14-7-6-13-19-17(14)20-15/h10-11H,2-9,12-13H2,1H3,(H,18,21)(H,19,20). The molecule has 1 aromatic heterocycles. The fraction of sp³-hybridized carbons (Fsp3) is 0.647. The molecule has 1 aliphatic heterocycles. The highest BCUT2D eigenvalue weighted by Gasteiger charge is 2.10. The summed E-state index contributed by atoms with van der Waals surface area (Å²) in [5.74, 6) is 1.25. The van der Waals surface area contributed by atoms with Crippen LogP contribution in [-0.4, -0.2) is 24.0 Å². The summed E-state index contributed by atoms with van der Waals surface area (Å²) in [7, 11) is 0. The van der Waals surface area contributed by atoms with E-state index >= 15 is 0 Å². The van der Waals surface area contributed by atoms with Crippen molar-refractivity contribution in [1.29, 1.82) is 0 Å². The van der Waals surface area contributed by atoms with Gasteiger partial charge in [0, 0.05) is 25.2 Å². The van der Waals surface area contributed by atoms with Crippen LogP contribution in [0.5, 0.6) is 0 Å². The normalized spacial score (nSPS) is 13.4. The number of nitrogens with one attached hydrogen (secondary N) is 2. The molecular formula is C17H27N3O. The minimum atomic E-state index is 0.184. The van der Waals surface area contributed by atoms with E-state index in [1.54, 1.807) is 0 Å². The van der Waals surface area contributed by atoms with Gasteiger partial charge in [-0.25, -0.2) is 4.98 Å². The smallest absolute Gasteiger partial charge is 0.219 e. The molecule has 1 aliphatic rings. The first kappa shape index (κ1) is 15.8. The van der Waals surface area contributed by atoms with Crippen LogP contribution < -0.4 is 10.6 Å². The Balaban J connectivity index is 1.65. The lowest BCUT2D eigenvalue weighted by Gasteiger charge is -2.17. The second-order valence-corrected chi connectivity index (χ2v) is 5.75. The Morgan fingerprint density at radius 1 is 1.33 bits per heavy atom. The third-order valence-electron chi connectivity index (χ3n) is 3.89. The number of carbonyl (C=O) groups is 1. The zero-order chi connectivity index (χ0) is 14.9. The van der Waals surface area contributed by atoms with Gasteiger partial charge in [-0.1, -0.05) is 19.4 Å². The highest BCUT2D eigenvalue weighted by molar-refractivity contribution is 5.75. The van der Waals surface area contributed by atoms with Crippen molar-refractivity contribution in [3.05, 3.63) is 23.4 Å². The number of amides is 1. The number of nitrogens with zero attached hydrogens (tertiary/aromatic N) is 1. The highest BCUT2D eigenvalue weighted by atomic mass is 16.1. The van der Waals surface area contributed by atoms with Crippen molar-refractivity contribution in [3.8, 4) is 0 Å². The molecule has 0 unspecified atom stereocenters. The molecule has 0 spiro atoms. The van der Waals surface area contributed by atoms with Crippen LogP contribution in [0, 0.1) is 0 Å². The lowest BCUT2D eigenvalue weighted by atomic mass is 10.1.